The second-order valence-electron chi connectivity index (χ2n) is 13.4. The number of ether oxygens (including phenoxy) is 3. The Kier molecular flexibility index (Phi) is 12.1. The van der Waals surface area contributed by atoms with Crippen molar-refractivity contribution in [2.75, 3.05) is 23.0 Å². The van der Waals surface area contributed by atoms with Crippen LogP contribution in [0, 0.1) is 6.92 Å². The number of nitrogens with two attached hydrogens (primary N) is 1. The molecule has 3 unspecified atom stereocenters. The van der Waals surface area contributed by atoms with Crippen molar-refractivity contribution in [1.82, 2.24) is 14.0 Å². The number of nitrogen functional groups attached to an aromatic ring is 1. The molecule has 1 fully saturated rings. The molecule has 1 aliphatic heterocycles. The van der Waals surface area contributed by atoms with Crippen molar-refractivity contribution in [2.45, 2.75) is 37.6 Å². The molecule has 2 amide bonds. The number of rotatable bonds is 13. The molecule has 6 N–H and O–H groups in total. The maximum absolute atomic E-state index is 14.2. The highest BCUT2D eigenvalue weighted by molar-refractivity contribution is 7.63. The standard InChI is InChI=1S/C39H38N6O12P2/c1-25-12-16-27(17-13-25)31-22-45-33(43-31)20-21-44(39(45)48)36-35(56-38(47)42-30-10-6-3-7-11-30)34(55-37(46)41-29-8-4-2-5-9-29)32(54-36)23-53-59(51,52)57-58(49,50)24-26-14-18-28(40)19-15-26/h2-22,32,34-36H,23-24,40H2,1H3,(H,41,46)(H,42,47)(H,49,50)(H,51,52)/t32-,34-,35?,36-/m1/s1. The number of phosphoric ester groups is 1. The Morgan fingerprint density at radius 3 is 2.03 bits per heavy atom. The van der Waals surface area contributed by atoms with E-state index in [-0.39, 0.29) is 11.2 Å². The van der Waals surface area contributed by atoms with Gasteiger partial charge in [-0.05, 0) is 55.0 Å². The number of para-hydroxylation sites is 2. The number of aromatic nitrogens is 3. The third kappa shape index (κ3) is 10.3. The highest BCUT2D eigenvalue weighted by atomic mass is 31.3. The number of anilines is 3. The lowest BCUT2D eigenvalue weighted by Gasteiger charge is -2.25. The van der Waals surface area contributed by atoms with Gasteiger partial charge in [0.05, 0.1) is 18.5 Å². The van der Waals surface area contributed by atoms with Gasteiger partial charge in [-0.1, -0.05) is 78.4 Å². The van der Waals surface area contributed by atoms with Crippen LogP contribution in [-0.2, 0) is 38.3 Å². The van der Waals surface area contributed by atoms with Crippen molar-refractivity contribution in [1.29, 1.82) is 0 Å². The van der Waals surface area contributed by atoms with Crippen molar-refractivity contribution in [2.24, 2.45) is 0 Å². The minimum Gasteiger partial charge on any atom is -0.439 e. The average molecular weight is 845 g/mol. The van der Waals surface area contributed by atoms with Gasteiger partial charge in [0.15, 0.2) is 18.4 Å². The summed E-state index contributed by atoms with van der Waals surface area (Å²) in [7, 11) is -10.2. The molecule has 59 heavy (non-hydrogen) atoms. The zero-order chi connectivity index (χ0) is 41.7. The lowest BCUT2D eigenvalue weighted by molar-refractivity contribution is -0.0552. The summed E-state index contributed by atoms with van der Waals surface area (Å²) in [6.07, 6.45) is -6.29. The Bertz CT molecular complexity index is 2590. The number of amides is 2. The summed E-state index contributed by atoms with van der Waals surface area (Å²) in [5.41, 5.74) is 8.87. The number of aryl methyl sites for hydroxylation is 1. The molecular weight excluding hydrogens is 806 g/mol. The predicted molar refractivity (Wildman–Crippen MR) is 215 cm³/mol. The molecule has 0 radical (unpaired) electrons. The number of fused-ring (bicyclic) bond motifs is 1. The van der Waals surface area contributed by atoms with Gasteiger partial charge in [-0.15, -0.1) is 0 Å². The normalized spacial score (nSPS) is 19.6. The number of imidazole rings is 1. The number of hydrogen-bond acceptors (Lipinski definition) is 12. The van der Waals surface area contributed by atoms with Crippen LogP contribution in [-0.4, -0.2) is 60.8 Å². The Balaban J connectivity index is 1.21. The van der Waals surface area contributed by atoms with Crippen LogP contribution in [0.2, 0.25) is 0 Å². The van der Waals surface area contributed by atoms with Crippen molar-refractivity contribution in [3.05, 3.63) is 149 Å². The van der Waals surface area contributed by atoms with E-state index in [4.69, 9.17) is 28.8 Å². The maximum Gasteiger partial charge on any atom is 0.479 e. The second-order valence-corrected chi connectivity index (χ2v) is 16.8. The largest absolute Gasteiger partial charge is 0.479 e. The molecule has 18 nitrogen and oxygen atoms in total. The first-order valence-electron chi connectivity index (χ1n) is 17.9. The van der Waals surface area contributed by atoms with Crippen LogP contribution in [0.5, 0.6) is 0 Å². The zero-order valence-electron chi connectivity index (χ0n) is 31.1. The van der Waals surface area contributed by atoms with Crippen LogP contribution in [0.3, 0.4) is 0 Å². The molecule has 20 heteroatoms. The SMILES string of the molecule is Cc1ccc(-c2cn3c(=O)n([C@@H]4O[C@H](COP(=O)(O)OP(=O)(O)Cc5ccc(N)cc5)[C@@H](OC(=O)Nc5ccccc5)C4OC(=O)Nc4ccccc4)ccc3n2)cc1. The topological polar surface area (TPSA) is 244 Å². The number of phosphoric acid groups is 1. The van der Waals surface area contributed by atoms with E-state index in [1.807, 2.05) is 31.2 Å². The van der Waals surface area contributed by atoms with Gasteiger partial charge in [0.2, 0.25) is 0 Å². The third-order valence-electron chi connectivity index (χ3n) is 8.97. The molecule has 7 rings (SSSR count). The minimum atomic E-state index is -5.36. The van der Waals surface area contributed by atoms with Gasteiger partial charge in [0.25, 0.3) is 0 Å². The summed E-state index contributed by atoms with van der Waals surface area (Å²) in [4.78, 5) is 66.8. The molecule has 0 aliphatic carbocycles. The molecular formula is C39H38N6O12P2. The maximum atomic E-state index is 14.2. The Morgan fingerprint density at radius 2 is 1.42 bits per heavy atom. The van der Waals surface area contributed by atoms with E-state index >= 15 is 0 Å². The number of carbonyl (C=O) groups excluding carboxylic acids is 2. The number of carbonyl (C=O) groups is 2. The van der Waals surface area contributed by atoms with Crippen molar-refractivity contribution in [3.63, 3.8) is 0 Å². The fourth-order valence-electron chi connectivity index (χ4n) is 6.21. The van der Waals surface area contributed by atoms with Crippen LogP contribution in [0.1, 0.15) is 17.4 Å². The van der Waals surface area contributed by atoms with Crippen LogP contribution < -0.4 is 22.1 Å². The van der Waals surface area contributed by atoms with Crippen molar-refractivity contribution in [3.8, 4) is 11.3 Å². The first kappa shape index (κ1) is 41.1. The van der Waals surface area contributed by atoms with Crippen LogP contribution in [0.15, 0.2) is 132 Å². The van der Waals surface area contributed by atoms with Gasteiger partial charge >= 0.3 is 33.3 Å². The molecule has 6 atom stereocenters. The van der Waals surface area contributed by atoms with Gasteiger partial charge in [0.1, 0.15) is 11.8 Å². The second kappa shape index (κ2) is 17.4. The Morgan fingerprint density at radius 1 is 0.831 bits per heavy atom. The lowest BCUT2D eigenvalue weighted by atomic mass is 10.1. The van der Waals surface area contributed by atoms with E-state index in [2.05, 4.69) is 15.6 Å². The molecule has 2 aromatic heterocycles. The molecule has 0 spiro atoms. The monoisotopic (exact) mass is 844 g/mol. The highest BCUT2D eigenvalue weighted by Crippen LogP contribution is 2.61. The molecule has 1 aliphatic rings. The first-order chi connectivity index (χ1) is 28.2. The van der Waals surface area contributed by atoms with E-state index in [9.17, 15) is 33.3 Å². The number of hydrogen-bond donors (Lipinski definition) is 5. The highest BCUT2D eigenvalue weighted by Gasteiger charge is 2.52. The third-order valence-corrected chi connectivity index (χ3v) is 12.1. The summed E-state index contributed by atoms with van der Waals surface area (Å²) in [6.45, 7) is 1.00. The van der Waals surface area contributed by atoms with Crippen LogP contribution in [0.25, 0.3) is 16.9 Å². The minimum absolute atomic E-state index is 0.278. The molecule has 0 saturated carbocycles. The summed E-state index contributed by atoms with van der Waals surface area (Å²) < 4.78 is 56.2. The van der Waals surface area contributed by atoms with Crippen molar-refractivity contribution < 1.29 is 51.6 Å². The Labute approximate surface area is 336 Å². The lowest BCUT2D eigenvalue weighted by Crippen LogP contribution is -2.43. The smallest absolute Gasteiger partial charge is 0.439 e. The Hall–Kier alpha value is -6.10. The van der Waals surface area contributed by atoms with Gasteiger partial charge in [-0.2, -0.15) is 0 Å². The summed E-state index contributed by atoms with van der Waals surface area (Å²) in [5.74, 6) is 0. The van der Waals surface area contributed by atoms with Crippen LogP contribution >= 0.6 is 15.4 Å². The fourth-order valence-corrected chi connectivity index (χ4v) is 8.93. The van der Waals surface area contributed by atoms with E-state index in [1.54, 1.807) is 60.7 Å². The van der Waals surface area contributed by atoms with Crippen molar-refractivity contribution >= 4 is 50.3 Å². The van der Waals surface area contributed by atoms with Gasteiger partial charge in [-0.25, -0.2) is 28.2 Å². The van der Waals surface area contributed by atoms with E-state index in [0.29, 0.717) is 22.8 Å². The molecule has 1 saturated heterocycles. The van der Waals surface area contributed by atoms with E-state index < -0.39 is 70.6 Å². The quantitative estimate of drug-likeness (QED) is 0.0600. The van der Waals surface area contributed by atoms with Gasteiger partial charge in [0, 0.05) is 35.0 Å². The first-order valence-corrected chi connectivity index (χ1v) is 21.2. The van der Waals surface area contributed by atoms with E-state index in [0.717, 1.165) is 15.7 Å². The average Bonchev–Trinajstić information content (AvgIpc) is 3.77. The predicted octanol–water partition coefficient (Wildman–Crippen LogP) is 6.70. The van der Waals surface area contributed by atoms with Gasteiger partial charge in [-0.3, -0.25) is 28.7 Å². The fraction of sp³-hybridized carbons (Fsp3) is 0.179. The van der Waals surface area contributed by atoms with E-state index in [1.165, 1.54) is 47.1 Å². The molecule has 306 valence electrons. The molecule has 6 aromatic rings. The summed E-state index contributed by atoms with van der Waals surface area (Å²) >= 11 is 0. The number of nitrogens with zero attached hydrogens (tertiary/aromatic N) is 3. The summed E-state index contributed by atoms with van der Waals surface area (Å²) in [6, 6.07) is 31.4. The molecule has 3 heterocycles. The van der Waals surface area contributed by atoms with Gasteiger partial charge < -0.3 is 29.7 Å². The molecule has 4 aromatic carbocycles. The van der Waals surface area contributed by atoms with Crippen LogP contribution in [0.4, 0.5) is 26.7 Å². The zero-order valence-corrected chi connectivity index (χ0v) is 32.9. The number of benzene rings is 4. The summed E-state index contributed by atoms with van der Waals surface area (Å²) in [5, 5.41) is 5.11. The molecule has 0 bridgehead atoms. The number of nitrogens with one attached hydrogen (secondary N) is 2.